The largest absolute Gasteiger partial charge is 0.550 e. The molecule has 47 heavy (non-hydrogen) atoms. The second-order valence-corrected chi connectivity index (χ2v) is 20.6. The normalized spacial score (nSPS) is 16.2. The van der Waals surface area contributed by atoms with Crippen molar-refractivity contribution in [2.45, 2.75) is 62.2 Å². The molecular weight excluding hydrogens is 878 g/mol. The Morgan fingerprint density at radius 1 is 0.894 bits per heavy atom. The summed E-state index contributed by atoms with van der Waals surface area (Å²) < 4.78 is 12.4. The van der Waals surface area contributed by atoms with Crippen LogP contribution in [0.3, 0.4) is 0 Å². The molecule has 14 nitrogen and oxygen atoms in total. The van der Waals surface area contributed by atoms with Gasteiger partial charge in [-0.1, -0.05) is 27.5 Å². The lowest BCUT2D eigenvalue weighted by Crippen LogP contribution is -2.48. The third-order valence-corrected chi connectivity index (χ3v) is 12.1. The van der Waals surface area contributed by atoms with Gasteiger partial charge in [0.15, 0.2) is 0 Å². The number of carbonyl (C=O) groups is 4. The quantitative estimate of drug-likeness (QED) is 0.0222. The van der Waals surface area contributed by atoms with Crippen LogP contribution in [0.15, 0.2) is 0 Å². The fourth-order valence-corrected chi connectivity index (χ4v) is 8.70. The highest BCUT2D eigenvalue weighted by molar-refractivity contribution is 14.2. The van der Waals surface area contributed by atoms with Gasteiger partial charge in [-0.3, -0.25) is 9.59 Å². The number of aliphatic hydroxyl groups excluding tert-OH is 2. The summed E-state index contributed by atoms with van der Waals surface area (Å²) in [7, 11) is 13.7. The van der Waals surface area contributed by atoms with Gasteiger partial charge in [-0.2, -0.15) is 22.4 Å². The van der Waals surface area contributed by atoms with Crippen molar-refractivity contribution >= 4 is 94.5 Å². The van der Waals surface area contributed by atoms with E-state index < -0.39 is 53.2 Å². The molecule has 269 valence electrons. The average molecular weight is 929 g/mol. The maximum atomic E-state index is 12.3. The Morgan fingerprint density at radius 2 is 1.38 bits per heavy atom. The van der Waals surface area contributed by atoms with Crippen molar-refractivity contribution in [2.24, 2.45) is 0 Å². The summed E-state index contributed by atoms with van der Waals surface area (Å²) in [5.41, 5.74) is -2.70. The molecule has 2 amide bonds. The third kappa shape index (κ3) is 24.8. The number of amides is 2. The maximum Gasteiger partial charge on any atom is 0.230 e. The van der Waals surface area contributed by atoms with E-state index in [1.54, 1.807) is 4.86 Å². The van der Waals surface area contributed by atoms with Crippen LogP contribution < -0.4 is 20.8 Å². The highest BCUT2D eigenvalue weighted by atomic mass is 127. The number of carbonyl (C=O) groups excluding carboxylic acids is 4. The topological polar surface area (TPSA) is 197 Å². The van der Waals surface area contributed by atoms with E-state index in [2.05, 4.69) is 10.6 Å². The monoisotopic (exact) mass is 929 g/mol. The van der Waals surface area contributed by atoms with E-state index in [0.717, 1.165) is 0 Å². The zero-order valence-electron chi connectivity index (χ0n) is 28.0. The van der Waals surface area contributed by atoms with Gasteiger partial charge in [-0.05, 0) is 6.92 Å². The number of nitrogens with one attached hydrogen (secondary N) is 2. The predicted octanol–water partition coefficient (Wildman–Crippen LogP) is -2.12. The lowest BCUT2D eigenvalue weighted by molar-refractivity contribution is -0.893. The molecule has 0 bridgehead atoms. The Kier molecular flexibility index (Phi) is 25.2. The number of hydrogen-bond acceptors (Lipinski definition) is 10. The summed E-state index contributed by atoms with van der Waals surface area (Å²) in [6, 6.07) is 0. The standard InChI is InChI=1S/C27H51B2I2N4O10P2/c1-19(45-18-21(37)15-35(4,5)11-7-9-33-27(43)23(47(28)31)13-25(40)41)16-44-17-20(36)14-34(2,3)10-6-8-32-26(42)22(46-29-30)12-24(38)39/h19-23,36-37,46H,6-18H2,1-5H3,(H2-2,32,33,38,39,40,41,42,43). The summed E-state index contributed by atoms with van der Waals surface area (Å²) in [5.74, 6) is -3.25. The number of hydrogen-bond donors (Lipinski definition) is 4. The first-order valence-electron chi connectivity index (χ1n) is 15.3. The zero-order valence-corrected chi connectivity index (χ0v) is 34.2. The van der Waals surface area contributed by atoms with Crippen molar-refractivity contribution in [3.8, 4) is 0 Å². The number of nitrogens with zero attached hydrogens (tertiary/aromatic N) is 2. The second kappa shape index (κ2) is 25.1. The predicted molar refractivity (Wildman–Crippen MR) is 199 cm³/mol. The molecule has 0 heterocycles. The molecule has 0 fully saturated rings. The van der Waals surface area contributed by atoms with Crippen LogP contribution >= 0.6 is 58.3 Å². The minimum atomic E-state index is -1.31. The van der Waals surface area contributed by atoms with Gasteiger partial charge < -0.3 is 59.1 Å². The minimum Gasteiger partial charge on any atom is -0.550 e. The molecule has 0 aliphatic rings. The van der Waals surface area contributed by atoms with Gasteiger partial charge in [0.25, 0.3) is 0 Å². The number of quaternary nitrogens is 2. The molecule has 0 saturated carbocycles. The van der Waals surface area contributed by atoms with E-state index in [1.807, 2.05) is 79.5 Å². The van der Waals surface area contributed by atoms with Gasteiger partial charge in [0.2, 0.25) is 16.7 Å². The zero-order chi connectivity index (χ0) is 36.2. The van der Waals surface area contributed by atoms with Crippen molar-refractivity contribution in [2.75, 3.05) is 87.3 Å². The van der Waals surface area contributed by atoms with Crippen LogP contribution in [-0.4, -0.2) is 172 Å². The summed E-state index contributed by atoms with van der Waals surface area (Å²) in [4.78, 5) is 48.1. The fraction of sp³-hybridized carbons (Fsp3) is 0.852. The molecule has 0 spiro atoms. The molecule has 3 radical (unpaired) electrons. The number of likely N-dealkylation sites (N-methyl/N-ethyl adjacent to an activating group) is 2. The van der Waals surface area contributed by atoms with Crippen molar-refractivity contribution in [3.63, 3.8) is 0 Å². The van der Waals surface area contributed by atoms with E-state index in [9.17, 15) is 39.6 Å². The molecule has 20 heteroatoms. The Morgan fingerprint density at radius 3 is 1.85 bits per heavy atom. The molecule has 0 aromatic rings. The van der Waals surface area contributed by atoms with Gasteiger partial charge >= 0.3 is 0 Å². The maximum absolute atomic E-state index is 12.3. The number of aliphatic carboxylic acids is 2. The summed E-state index contributed by atoms with van der Waals surface area (Å²) in [5, 5.41) is 48.3. The van der Waals surface area contributed by atoms with E-state index >= 15 is 0 Å². The van der Waals surface area contributed by atoms with Gasteiger partial charge in [-0.25, -0.2) is 0 Å². The average Bonchev–Trinajstić information content (AvgIpc) is 2.93. The van der Waals surface area contributed by atoms with Crippen LogP contribution in [0.25, 0.3) is 0 Å². The Bertz CT molecular complexity index is 963. The Balaban J connectivity index is 4.28. The van der Waals surface area contributed by atoms with Crippen molar-refractivity contribution in [1.82, 2.24) is 10.6 Å². The molecule has 0 aliphatic carbocycles. The Hall–Kier alpha value is 0.0899. The van der Waals surface area contributed by atoms with Crippen LogP contribution in [-0.2, 0) is 28.7 Å². The number of halogens is 2. The molecule has 0 aromatic heterocycles. The number of carboxylic acids is 2. The van der Waals surface area contributed by atoms with Crippen LogP contribution in [0.1, 0.15) is 32.6 Å². The fourth-order valence-electron chi connectivity index (χ4n) is 4.72. The highest BCUT2D eigenvalue weighted by Crippen LogP contribution is 2.46. The van der Waals surface area contributed by atoms with E-state index in [-0.39, 0.29) is 46.7 Å². The van der Waals surface area contributed by atoms with Crippen LogP contribution in [0.5, 0.6) is 0 Å². The first kappa shape index (κ1) is 47.1. The van der Waals surface area contributed by atoms with E-state index in [4.69, 9.17) is 17.0 Å². The van der Waals surface area contributed by atoms with Crippen molar-refractivity contribution < 1.29 is 58.0 Å². The molecule has 7 atom stereocenters. The molecule has 0 aromatic carbocycles. The van der Waals surface area contributed by atoms with Crippen LogP contribution in [0.4, 0.5) is 0 Å². The SMILES string of the molecule is [B]P(I)C(CC(=O)[O-])C(=O)NCCC[N+](C)(C)CC(O)COC(C)COCC(O)C[N+](C)(C)CCCNC(=O)C(CC(=O)[O-])P[B]I. The highest BCUT2D eigenvalue weighted by Gasteiger charge is 2.25. The first-order chi connectivity index (χ1) is 21.8. The number of ether oxygens (including phenoxy) is 2. The molecule has 0 saturated heterocycles. The summed E-state index contributed by atoms with van der Waals surface area (Å²) in [6.07, 6.45) is -1.19. The molecule has 4 N–H and O–H groups in total. The van der Waals surface area contributed by atoms with E-state index in [1.165, 1.54) is 0 Å². The number of carboxylic acid groups (broad SMARTS) is 2. The summed E-state index contributed by atoms with van der Waals surface area (Å²) >= 11 is 3.88. The molecular formula is C27H51B2I2N4O10P2. The molecule has 0 rings (SSSR count). The van der Waals surface area contributed by atoms with Crippen LogP contribution in [0.2, 0.25) is 0 Å². The third-order valence-electron chi connectivity index (χ3n) is 7.04. The van der Waals surface area contributed by atoms with Crippen molar-refractivity contribution in [3.05, 3.63) is 0 Å². The van der Waals surface area contributed by atoms with Gasteiger partial charge in [0.1, 0.15) is 32.9 Å². The summed E-state index contributed by atoms with van der Waals surface area (Å²) in [6.45, 7) is 5.25. The molecule has 0 aliphatic heterocycles. The minimum absolute atomic E-state index is 0.0962. The second-order valence-electron chi connectivity index (χ2n) is 12.8. The first-order valence-corrected chi connectivity index (χ1v) is 22.0. The molecule has 7 unspecified atom stereocenters. The van der Waals surface area contributed by atoms with E-state index in [0.29, 0.717) is 61.1 Å². The lowest BCUT2D eigenvalue weighted by atomic mass is 10.2. The number of aliphatic hydroxyl groups is 2. The number of rotatable bonds is 28. The lowest BCUT2D eigenvalue weighted by Gasteiger charge is -2.32. The van der Waals surface area contributed by atoms with Gasteiger partial charge in [-0.15, -0.1) is 8.46 Å². The smallest absolute Gasteiger partial charge is 0.230 e. The van der Waals surface area contributed by atoms with Crippen LogP contribution in [0, 0.1) is 0 Å². The van der Waals surface area contributed by atoms with Gasteiger partial charge in [0, 0.05) is 50.7 Å². The van der Waals surface area contributed by atoms with Gasteiger partial charge in [0.05, 0.1) is 78.5 Å². The Labute approximate surface area is 310 Å². The van der Waals surface area contributed by atoms with Crippen molar-refractivity contribution in [1.29, 1.82) is 0 Å².